The summed E-state index contributed by atoms with van der Waals surface area (Å²) in [6.45, 7) is 0.399. The number of ketones is 1. The van der Waals surface area contributed by atoms with Crippen molar-refractivity contribution in [1.29, 1.82) is 0 Å². The number of aromatic nitrogens is 1. The van der Waals surface area contributed by atoms with E-state index in [-0.39, 0.29) is 5.78 Å². The maximum Gasteiger partial charge on any atom is 0.249 e. The van der Waals surface area contributed by atoms with Crippen LogP contribution < -0.4 is 5.73 Å². The maximum absolute atomic E-state index is 13.5. The van der Waals surface area contributed by atoms with Gasteiger partial charge in [-0.3, -0.25) is 9.59 Å². The highest BCUT2D eigenvalue weighted by molar-refractivity contribution is 6.39. The third-order valence-corrected chi connectivity index (χ3v) is 7.66. The summed E-state index contributed by atoms with van der Waals surface area (Å²) in [6.07, 6.45) is 0. The number of carbonyl (C=O) groups excluding carboxylic acids is 2. The number of rotatable bonds is 6. The number of hydrogen-bond donors (Lipinski definition) is 1. The smallest absolute Gasteiger partial charge is 0.249 e. The molecule has 0 radical (unpaired) electrons. The van der Waals surface area contributed by atoms with Crippen LogP contribution in [0.4, 0.5) is 0 Å². The first-order chi connectivity index (χ1) is 18.9. The highest BCUT2D eigenvalue weighted by atomic mass is 35.5. The molecule has 0 aliphatic heterocycles. The molecule has 190 valence electrons. The van der Waals surface area contributed by atoms with E-state index in [1.165, 1.54) is 0 Å². The SMILES string of the molecule is NC(=O)c1cccc2c1c1ccc(-c3c(Cl)cccc3Cl)cc1n2Cc1ccccc1C(=O)c1ccccc1. The van der Waals surface area contributed by atoms with E-state index in [1.807, 2.05) is 91.0 Å². The van der Waals surface area contributed by atoms with E-state index in [0.717, 1.165) is 38.5 Å². The molecule has 1 amide bonds. The number of nitrogens with zero attached hydrogens (tertiary/aromatic N) is 1. The maximum atomic E-state index is 13.5. The van der Waals surface area contributed by atoms with Gasteiger partial charge < -0.3 is 10.3 Å². The van der Waals surface area contributed by atoms with Crippen molar-refractivity contribution in [3.05, 3.63) is 141 Å². The van der Waals surface area contributed by atoms with Crippen molar-refractivity contribution in [2.75, 3.05) is 0 Å². The fourth-order valence-electron chi connectivity index (χ4n) is 5.24. The van der Waals surface area contributed by atoms with Crippen LogP contribution in [0.3, 0.4) is 0 Å². The molecule has 5 aromatic carbocycles. The lowest BCUT2D eigenvalue weighted by atomic mass is 9.98. The molecule has 6 aromatic rings. The van der Waals surface area contributed by atoms with Crippen LogP contribution in [0.15, 0.2) is 109 Å². The number of primary amides is 1. The van der Waals surface area contributed by atoms with Crippen LogP contribution in [0.1, 0.15) is 31.8 Å². The van der Waals surface area contributed by atoms with E-state index >= 15 is 0 Å². The van der Waals surface area contributed by atoms with E-state index in [4.69, 9.17) is 28.9 Å². The Morgan fingerprint density at radius 3 is 2.10 bits per heavy atom. The predicted molar refractivity (Wildman–Crippen MR) is 159 cm³/mol. The number of hydrogen-bond acceptors (Lipinski definition) is 2. The molecule has 0 bridgehead atoms. The summed E-state index contributed by atoms with van der Waals surface area (Å²) in [6, 6.07) is 33.7. The molecule has 0 aliphatic rings. The van der Waals surface area contributed by atoms with Crippen molar-refractivity contribution in [1.82, 2.24) is 4.57 Å². The van der Waals surface area contributed by atoms with Crippen molar-refractivity contribution in [3.63, 3.8) is 0 Å². The van der Waals surface area contributed by atoms with Crippen LogP contribution >= 0.6 is 23.2 Å². The second-order valence-electron chi connectivity index (χ2n) is 9.33. The average Bonchev–Trinajstić information content (AvgIpc) is 3.26. The summed E-state index contributed by atoms with van der Waals surface area (Å²) in [7, 11) is 0. The highest BCUT2D eigenvalue weighted by Gasteiger charge is 2.20. The zero-order valence-electron chi connectivity index (χ0n) is 20.7. The van der Waals surface area contributed by atoms with Gasteiger partial charge in [-0.2, -0.15) is 0 Å². The van der Waals surface area contributed by atoms with Gasteiger partial charge in [0.1, 0.15) is 0 Å². The Morgan fingerprint density at radius 2 is 1.36 bits per heavy atom. The Hall–Kier alpha value is -4.38. The lowest BCUT2D eigenvalue weighted by Gasteiger charge is -2.13. The predicted octanol–water partition coefficient (Wildman–Crippen LogP) is 8.15. The van der Waals surface area contributed by atoms with Crippen molar-refractivity contribution in [2.45, 2.75) is 6.54 Å². The fraction of sp³-hybridized carbons (Fsp3) is 0.0303. The molecule has 4 nitrogen and oxygen atoms in total. The minimum atomic E-state index is -0.502. The summed E-state index contributed by atoms with van der Waals surface area (Å²) < 4.78 is 2.11. The van der Waals surface area contributed by atoms with Crippen LogP contribution in [0, 0.1) is 0 Å². The standard InChI is InChI=1S/C33H22Cl2N2O2/c34-26-13-7-14-27(35)30(26)21-16-17-24-29(18-21)37(28-15-6-12-25(31(24)28)33(36)39)19-22-10-4-5-11-23(22)32(38)20-8-2-1-3-9-20/h1-18H,19H2,(H2,36,39). The first-order valence-electron chi connectivity index (χ1n) is 12.4. The second kappa shape index (κ2) is 10.1. The molecular formula is C33H22Cl2N2O2. The molecule has 39 heavy (non-hydrogen) atoms. The lowest BCUT2D eigenvalue weighted by Crippen LogP contribution is -2.11. The fourth-order valence-corrected chi connectivity index (χ4v) is 5.86. The molecule has 6 rings (SSSR count). The molecule has 0 fully saturated rings. The second-order valence-corrected chi connectivity index (χ2v) is 10.1. The van der Waals surface area contributed by atoms with Gasteiger partial charge in [-0.05, 0) is 41.5 Å². The number of nitrogens with two attached hydrogens (primary N) is 1. The average molecular weight is 549 g/mol. The lowest BCUT2D eigenvalue weighted by molar-refractivity contribution is 0.1000. The molecule has 0 spiro atoms. The highest BCUT2D eigenvalue weighted by Crippen LogP contribution is 2.39. The number of amides is 1. The van der Waals surface area contributed by atoms with Crippen molar-refractivity contribution in [2.24, 2.45) is 5.73 Å². The van der Waals surface area contributed by atoms with Gasteiger partial charge in [0.05, 0.1) is 11.0 Å². The van der Waals surface area contributed by atoms with Crippen LogP contribution in [-0.2, 0) is 6.54 Å². The summed E-state index contributed by atoms with van der Waals surface area (Å²) in [5.74, 6) is -0.550. The summed E-state index contributed by atoms with van der Waals surface area (Å²) >= 11 is 13.1. The van der Waals surface area contributed by atoms with Crippen LogP contribution in [0.2, 0.25) is 10.0 Å². The first kappa shape index (κ1) is 24.9. The summed E-state index contributed by atoms with van der Waals surface area (Å²) in [5, 5.41) is 2.73. The summed E-state index contributed by atoms with van der Waals surface area (Å²) in [5.41, 5.74) is 11.6. The zero-order chi connectivity index (χ0) is 27.1. The number of carbonyl (C=O) groups is 2. The monoisotopic (exact) mass is 548 g/mol. The number of fused-ring (bicyclic) bond motifs is 3. The van der Waals surface area contributed by atoms with E-state index in [1.54, 1.807) is 18.2 Å². The van der Waals surface area contributed by atoms with Gasteiger partial charge in [-0.1, -0.05) is 102 Å². The topological polar surface area (TPSA) is 65.1 Å². The Kier molecular flexibility index (Phi) is 6.43. The number of benzene rings is 5. The third-order valence-electron chi connectivity index (χ3n) is 7.03. The van der Waals surface area contributed by atoms with E-state index in [2.05, 4.69) is 4.57 Å². The van der Waals surface area contributed by atoms with E-state index in [9.17, 15) is 9.59 Å². The van der Waals surface area contributed by atoms with Crippen molar-refractivity contribution >= 4 is 56.7 Å². The molecule has 2 N–H and O–H groups in total. The molecule has 1 heterocycles. The molecule has 0 atom stereocenters. The van der Waals surface area contributed by atoms with Gasteiger partial charge in [-0.15, -0.1) is 0 Å². The normalized spacial score (nSPS) is 11.2. The zero-order valence-corrected chi connectivity index (χ0v) is 22.2. The third kappa shape index (κ3) is 4.38. The summed E-state index contributed by atoms with van der Waals surface area (Å²) in [4.78, 5) is 25.9. The molecule has 1 aromatic heterocycles. The largest absolute Gasteiger partial charge is 0.366 e. The molecule has 0 unspecified atom stereocenters. The minimum absolute atomic E-state index is 0.0478. The van der Waals surface area contributed by atoms with Crippen LogP contribution in [0.25, 0.3) is 32.9 Å². The molecule has 0 aliphatic carbocycles. The Morgan fingerprint density at radius 1 is 0.692 bits per heavy atom. The van der Waals surface area contributed by atoms with Crippen molar-refractivity contribution < 1.29 is 9.59 Å². The van der Waals surface area contributed by atoms with E-state index < -0.39 is 5.91 Å². The quantitative estimate of drug-likeness (QED) is 0.213. The van der Waals surface area contributed by atoms with Gasteiger partial charge in [0, 0.05) is 49.6 Å². The van der Waals surface area contributed by atoms with Gasteiger partial charge in [0.2, 0.25) is 5.91 Å². The van der Waals surface area contributed by atoms with Crippen LogP contribution in [-0.4, -0.2) is 16.3 Å². The van der Waals surface area contributed by atoms with Crippen LogP contribution in [0.5, 0.6) is 0 Å². The van der Waals surface area contributed by atoms with Crippen molar-refractivity contribution in [3.8, 4) is 11.1 Å². The molecule has 6 heteroatoms. The van der Waals surface area contributed by atoms with Gasteiger partial charge in [-0.25, -0.2) is 0 Å². The Bertz CT molecular complexity index is 1890. The molecule has 0 saturated heterocycles. The van der Waals surface area contributed by atoms with E-state index in [0.29, 0.717) is 33.3 Å². The molecule has 0 saturated carbocycles. The van der Waals surface area contributed by atoms with Gasteiger partial charge >= 0.3 is 0 Å². The Balaban J connectivity index is 1.60. The molecular weight excluding hydrogens is 527 g/mol. The van der Waals surface area contributed by atoms with Gasteiger partial charge in [0.15, 0.2) is 5.78 Å². The minimum Gasteiger partial charge on any atom is -0.366 e. The first-order valence-corrected chi connectivity index (χ1v) is 13.2. The van der Waals surface area contributed by atoms with Gasteiger partial charge in [0.25, 0.3) is 0 Å². The number of halogens is 2. The Labute approximate surface area is 235 Å².